The van der Waals surface area contributed by atoms with Gasteiger partial charge in [0, 0.05) is 5.56 Å². The molecule has 0 unspecified atom stereocenters. The van der Waals surface area contributed by atoms with Crippen LogP contribution in [0.5, 0.6) is 5.75 Å². The van der Waals surface area contributed by atoms with Crippen LogP contribution < -0.4 is 4.74 Å². The number of nitrogens with zero attached hydrogens (tertiary/aromatic N) is 1. The summed E-state index contributed by atoms with van der Waals surface area (Å²) < 4.78 is 18.6. The van der Waals surface area contributed by atoms with E-state index in [1.54, 1.807) is 30.4 Å². The number of para-hydroxylation sites is 1. The van der Waals surface area contributed by atoms with Crippen molar-refractivity contribution < 1.29 is 18.7 Å². The van der Waals surface area contributed by atoms with Crippen molar-refractivity contribution in [1.29, 1.82) is 0 Å². The quantitative estimate of drug-likeness (QED) is 0.550. The molecule has 1 saturated heterocycles. The molecule has 0 N–H and O–H groups in total. The Morgan fingerprint density at radius 1 is 1.12 bits per heavy atom. The summed E-state index contributed by atoms with van der Waals surface area (Å²) >= 11 is 0.880. The van der Waals surface area contributed by atoms with Crippen molar-refractivity contribution in [3.8, 4) is 5.75 Å². The molecule has 1 fully saturated rings. The Labute approximate surface area is 155 Å². The Hall–Kier alpha value is -2.86. The van der Waals surface area contributed by atoms with Crippen molar-refractivity contribution in [2.24, 2.45) is 0 Å². The lowest BCUT2D eigenvalue weighted by Crippen LogP contribution is -2.27. The third-order valence-corrected chi connectivity index (χ3v) is 4.60. The first-order valence-electron chi connectivity index (χ1n) is 7.91. The number of amides is 2. The first kappa shape index (κ1) is 17.9. The van der Waals surface area contributed by atoms with Crippen LogP contribution in [0, 0.1) is 5.82 Å². The standard InChI is InChI=1S/C20H16FNO3S/c1-2-11-25-17-6-4-3-5-15(17)12-18-19(23)22(20(24)26-18)13-14-7-9-16(21)10-8-14/h2-10,12H,1,11,13H2/b18-12-. The molecule has 0 spiro atoms. The maximum atomic E-state index is 13.0. The van der Waals surface area contributed by atoms with E-state index in [2.05, 4.69) is 6.58 Å². The van der Waals surface area contributed by atoms with Crippen molar-refractivity contribution >= 4 is 29.0 Å². The Morgan fingerprint density at radius 2 is 1.85 bits per heavy atom. The molecule has 3 rings (SSSR count). The molecule has 0 saturated carbocycles. The summed E-state index contributed by atoms with van der Waals surface area (Å²) in [7, 11) is 0. The highest BCUT2D eigenvalue weighted by Gasteiger charge is 2.35. The number of imide groups is 1. The van der Waals surface area contributed by atoms with E-state index in [0.717, 1.165) is 16.7 Å². The van der Waals surface area contributed by atoms with Crippen LogP contribution in [-0.2, 0) is 11.3 Å². The van der Waals surface area contributed by atoms with Crippen molar-refractivity contribution in [3.05, 3.63) is 83.0 Å². The number of carbonyl (C=O) groups is 2. The Kier molecular flexibility index (Phi) is 5.53. The third-order valence-electron chi connectivity index (χ3n) is 3.69. The van der Waals surface area contributed by atoms with E-state index in [1.165, 1.54) is 12.1 Å². The predicted molar refractivity (Wildman–Crippen MR) is 100 cm³/mol. The van der Waals surface area contributed by atoms with Crippen LogP contribution in [0.1, 0.15) is 11.1 Å². The van der Waals surface area contributed by atoms with Gasteiger partial charge >= 0.3 is 0 Å². The summed E-state index contributed by atoms with van der Waals surface area (Å²) in [6, 6.07) is 13.0. The summed E-state index contributed by atoms with van der Waals surface area (Å²) in [6.45, 7) is 4.06. The molecule has 2 aromatic rings. The summed E-state index contributed by atoms with van der Waals surface area (Å²) in [4.78, 5) is 26.3. The van der Waals surface area contributed by atoms with E-state index in [4.69, 9.17) is 4.74 Å². The van der Waals surface area contributed by atoms with Crippen LogP contribution in [0.3, 0.4) is 0 Å². The molecule has 0 bridgehead atoms. The van der Waals surface area contributed by atoms with Crippen molar-refractivity contribution in [1.82, 2.24) is 4.90 Å². The molecular formula is C20H16FNO3S. The number of carbonyl (C=O) groups excluding carboxylic acids is 2. The molecule has 1 aliphatic heterocycles. The smallest absolute Gasteiger partial charge is 0.293 e. The highest BCUT2D eigenvalue weighted by atomic mass is 32.2. The number of ether oxygens (including phenoxy) is 1. The van der Waals surface area contributed by atoms with E-state index in [0.29, 0.717) is 28.4 Å². The number of thioether (sulfide) groups is 1. The van der Waals surface area contributed by atoms with Gasteiger partial charge in [-0.2, -0.15) is 0 Å². The highest BCUT2D eigenvalue weighted by Crippen LogP contribution is 2.34. The lowest BCUT2D eigenvalue weighted by molar-refractivity contribution is -0.123. The van der Waals surface area contributed by atoms with Crippen LogP contribution in [-0.4, -0.2) is 22.7 Å². The molecule has 26 heavy (non-hydrogen) atoms. The minimum atomic E-state index is -0.372. The maximum Gasteiger partial charge on any atom is 0.293 e. The lowest BCUT2D eigenvalue weighted by Gasteiger charge is -2.12. The van der Waals surface area contributed by atoms with Crippen molar-refractivity contribution in [3.63, 3.8) is 0 Å². The molecule has 4 nitrogen and oxygen atoms in total. The molecule has 0 atom stereocenters. The van der Waals surface area contributed by atoms with Crippen LogP contribution in [0.4, 0.5) is 9.18 Å². The van der Waals surface area contributed by atoms with Gasteiger partial charge in [-0.05, 0) is 41.6 Å². The van der Waals surface area contributed by atoms with Gasteiger partial charge in [-0.15, -0.1) is 0 Å². The number of hydrogen-bond donors (Lipinski definition) is 0. The largest absolute Gasteiger partial charge is 0.489 e. The molecule has 1 heterocycles. The van der Waals surface area contributed by atoms with Crippen LogP contribution in [0.15, 0.2) is 66.1 Å². The number of hydrogen-bond acceptors (Lipinski definition) is 4. The fourth-order valence-electron chi connectivity index (χ4n) is 2.43. The summed E-state index contributed by atoms with van der Waals surface area (Å²) in [5.74, 6) is -0.125. The molecule has 2 amide bonds. The predicted octanol–water partition coefficient (Wildman–Crippen LogP) is 4.63. The van der Waals surface area contributed by atoms with E-state index in [-0.39, 0.29) is 23.5 Å². The molecule has 2 aromatic carbocycles. The molecule has 6 heteroatoms. The fraction of sp³-hybridized carbons (Fsp3) is 0.100. The van der Waals surface area contributed by atoms with Crippen molar-refractivity contribution in [2.75, 3.05) is 6.61 Å². The SMILES string of the molecule is C=CCOc1ccccc1/C=C1\SC(=O)N(Cc2ccc(F)cc2)C1=O. The minimum absolute atomic E-state index is 0.108. The van der Waals surface area contributed by atoms with Crippen molar-refractivity contribution in [2.45, 2.75) is 6.54 Å². The topological polar surface area (TPSA) is 46.6 Å². The monoisotopic (exact) mass is 369 g/mol. The molecular weight excluding hydrogens is 353 g/mol. The summed E-state index contributed by atoms with van der Waals surface area (Å²) in [5, 5.41) is -0.352. The van der Waals surface area contributed by atoms with Gasteiger partial charge in [0.2, 0.25) is 0 Å². The highest BCUT2D eigenvalue weighted by molar-refractivity contribution is 8.18. The van der Waals surface area contributed by atoms with Crippen LogP contribution in [0.25, 0.3) is 6.08 Å². The zero-order chi connectivity index (χ0) is 18.5. The molecule has 0 aliphatic carbocycles. The van der Waals surface area contributed by atoms with Gasteiger partial charge in [0.1, 0.15) is 18.2 Å². The third kappa shape index (κ3) is 4.03. The number of benzene rings is 2. The van der Waals surface area contributed by atoms with Gasteiger partial charge in [-0.25, -0.2) is 4.39 Å². The molecule has 1 aliphatic rings. The average Bonchev–Trinajstić information content (AvgIpc) is 2.90. The van der Waals surface area contributed by atoms with Gasteiger partial charge in [0.05, 0.1) is 11.4 Å². The Balaban J connectivity index is 1.81. The van der Waals surface area contributed by atoms with E-state index in [9.17, 15) is 14.0 Å². The Bertz CT molecular complexity index is 877. The molecule has 0 radical (unpaired) electrons. The average molecular weight is 369 g/mol. The first-order chi connectivity index (χ1) is 12.6. The number of rotatable bonds is 6. The normalized spacial score (nSPS) is 15.6. The van der Waals surface area contributed by atoms with Crippen LogP contribution >= 0.6 is 11.8 Å². The second-order valence-electron chi connectivity index (χ2n) is 5.53. The van der Waals surface area contributed by atoms with Gasteiger partial charge in [-0.1, -0.05) is 43.0 Å². The maximum absolute atomic E-state index is 13.0. The molecule has 132 valence electrons. The zero-order valence-electron chi connectivity index (χ0n) is 13.9. The number of halogens is 1. The van der Waals surface area contributed by atoms with Gasteiger partial charge in [0.25, 0.3) is 11.1 Å². The van der Waals surface area contributed by atoms with Crippen LogP contribution in [0.2, 0.25) is 0 Å². The summed E-state index contributed by atoms with van der Waals surface area (Å²) in [5.41, 5.74) is 1.39. The lowest BCUT2D eigenvalue weighted by atomic mass is 10.1. The fourth-order valence-corrected chi connectivity index (χ4v) is 3.26. The Morgan fingerprint density at radius 3 is 2.58 bits per heavy atom. The van der Waals surface area contributed by atoms with E-state index >= 15 is 0 Å². The van der Waals surface area contributed by atoms with Gasteiger partial charge in [-0.3, -0.25) is 14.5 Å². The second kappa shape index (κ2) is 8.01. The first-order valence-corrected chi connectivity index (χ1v) is 8.72. The van der Waals surface area contributed by atoms with E-state index < -0.39 is 0 Å². The van der Waals surface area contributed by atoms with E-state index in [1.807, 2.05) is 18.2 Å². The summed E-state index contributed by atoms with van der Waals surface area (Å²) in [6.07, 6.45) is 3.28. The van der Waals surface area contributed by atoms with Gasteiger partial charge in [0.15, 0.2) is 0 Å². The van der Waals surface area contributed by atoms with Gasteiger partial charge < -0.3 is 4.74 Å². The molecule has 0 aromatic heterocycles. The minimum Gasteiger partial charge on any atom is -0.489 e. The second-order valence-corrected chi connectivity index (χ2v) is 6.53. The zero-order valence-corrected chi connectivity index (χ0v) is 14.7.